The van der Waals surface area contributed by atoms with Crippen molar-refractivity contribution in [1.29, 1.82) is 0 Å². The van der Waals surface area contributed by atoms with Crippen LogP contribution in [-0.2, 0) is 4.79 Å². The summed E-state index contributed by atoms with van der Waals surface area (Å²) in [6.07, 6.45) is 3.47. The first-order valence-electron chi connectivity index (χ1n) is 4.91. The summed E-state index contributed by atoms with van der Waals surface area (Å²) in [5.74, 6) is 0.0502. The van der Waals surface area contributed by atoms with Gasteiger partial charge >= 0.3 is 0 Å². The number of carbonyl (C=O) groups is 1. The van der Waals surface area contributed by atoms with Gasteiger partial charge in [-0.05, 0) is 25.0 Å². The van der Waals surface area contributed by atoms with Crippen LogP contribution in [0.5, 0.6) is 0 Å². The van der Waals surface area contributed by atoms with Crippen molar-refractivity contribution in [3.63, 3.8) is 0 Å². The van der Waals surface area contributed by atoms with Gasteiger partial charge in [0.1, 0.15) is 11.2 Å². The molecule has 0 aliphatic carbocycles. The summed E-state index contributed by atoms with van der Waals surface area (Å²) in [5, 5.41) is 6.38. The molecule has 15 heavy (non-hydrogen) atoms. The first kappa shape index (κ1) is 10.2. The molecule has 1 amide bonds. The van der Waals surface area contributed by atoms with Crippen LogP contribution in [0.3, 0.4) is 0 Å². The molecule has 2 rings (SSSR count). The highest BCUT2D eigenvalue weighted by molar-refractivity contribution is 6.29. The Labute approximate surface area is 93.0 Å². The SMILES string of the molecule is O=C1NCCCC1Nc1ccnc(Cl)c1. The van der Waals surface area contributed by atoms with Crippen molar-refractivity contribution in [2.24, 2.45) is 0 Å². The normalized spacial score (nSPS) is 20.9. The largest absolute Gasteiger partial charge is 0.374 e. The van der Waals surface area contributed by atoms with Crippen molar-refractivity contribution in [2.45, 2.75) is 18.9 Å². The van der Waals surface area contributed by atoms with E-state index in [4.69, 9.17) is 11.6 Å². The molecule has 0 aromatic carbocycles. The first-order valence-corrected chi connectivity index (χ1v) is 5.29. The molecule has 0 spiro atoms. The molecule has 2 heterocycles. The lowest BCUT2D eigenvalue weighted by Gasteiger charge is -2.23. The number of pyridine rings is 1. The summed E-state index contributed by atoms with van der Waals surface area (Å²) in [5.41, 5.74) is 0.831. The van der Waals surface area contributed by atoms with E-state index in [9.17, 15) is 4.79 Å². The number of anilines is 1. The van der Waals surface area contributed by atoms with Gasteiger partial charge in [0.2, 0.25) is 5.91 Å². The molecule has 0 saturated carbocycles. The maximum Gasteiger partial charge on any atom is 0.242 e. The molecule has 1 aromatic heterocycles. The summed E-state index contributed by atoms with van der Waals surface area (Å²) in [6.45, 7) is 0.772. The van der Waals surface area contributed by atoms with E-state index in [1.54, 1.807) is 18.3 Å². The lowest BCUT2D eigenvalue weighted by molar-refractivity contribution is -0.123. The molecule has 1 aliphatic heterocycles. The van der Waals surface area contributed by atoms with Crippen molar-refractivity contribution in [1.82, 2.24) is 10.3 Å². The van der Waals surface area contributed by atoms with E-state index in [2.05, 4.69) is 15.6 Å². The molecule has 1 aliphatic rings. The van der Waals surface area contributed by atoms with E-state index in [1.165, 1.54) is 0 Å². The van der Waals surface area contributed by atoms with E-state index < -0.39 is 0 Å². The predicted octanol–water partition coefficient (Wildman–Crippen LogP) is 1.43. The van der Waals surface area contributed by atoms with Crippen molar-refractivity contribution < 1.29 is 4.79 Å². The number of nitrogens with one attached hydrogen (secondary N) is 2. The molecule has 0 bridgehead atoms. The second-order valence-electron chi connectivity index (χ2n) is 3.50. The average molecular weight is 226 g/mol. The van der Waals surface area contributed by atoms with Gasteiger partial charge in [-0.2, -0.15) is 0 Å². The Morgan fingerprint density at radius 3 is 3.20 bits per heavy atom. The molecular formula is C10H12ClN3O. The zero-order valence-electron chi connectivity index (χ0n) is 8.16. The lowest BCUT2D eigenvalue weighted by Crippen LogP contribution is -2.44. The minimum Gasteiger partial charge on any atom is -0.374 e. The van der Waals surface area contributed by atoms with Gasteiger partial charge in [-0.3, -0.25) is 4.79 Å². The van der Waals surface area contributed by atoms with Crippen molar-refractivity contribution >= 4 is 23.2 Å². The molecule has 5 heteroatoms. The third-order valence-electron chi connectivity index (χ3n) is 2.35. The summed E-state index contributed by atoms with van der Waals surface area (Å²) in [4.78, 5) is 15.3. The molecule has 80 valence electrons. The van der Waals surface area contributed by atoms with Crippen molar-refractivity contribution in [2.75, 3.05) is 11.9 Å². The Morgan fingerprint density at radius 1 is 1.60 bits per heavy atom. The topological polar surface area (TPSA) is 54.0 Å². The van der Waals surface area contributed by atoms with Crippen molar-refractivity contribution in [3.05, 3.63) is 23.5 Å². The number of aromatic nitrogens is 1. The zero-order chi connectivity index (χ0) is 10.7. The minimum atomic E-state index is -0.155. The average Bonchev–Trinajstić information content (AvgIpc) is 2.22. The number of nitrogens with zero attached hydrogens (tertiary/aromatic N) is 1. The zero-order valence-corrected chi connectivity index (χ0v) is 8.92. The number of piperidine rings is 1. The number of hydrogen-bond donors (Lipinski definition) is 2. The van der Waals surface area contributed by atoms with Crippen LogP contribution in [0, 0.1) is 0 Å². The standard InChI is InChI=1S/C10H12ClN3O/c11-9-6-7(3-5-12-9)14-8-2-1-4-13-10(8)15/h3,5-6,8H,1-2,4H2,(H,12,14)(H,13,15). The highest BCUT2D eigenvalue weighted by Gasteiger charge is 2.21. The summed E-state index contributed by atoms with van der Waals surface area (Å²) in [7, 11) is 0. The molecule has 1 unspecified atom stereocenters. The Kier molecular flexibility index (Phi) is 3.06. The molecule has 1 atom stereocenters. The fourth-order valence-electron chi connectivity index (χ4n) is 1.60. The van der Waals surface area contributed by atoms with E-state index in [-0.39, 0.29) is 11.9 Å². The predicted molar refractivity (Wildman–Crippen MR) is 58.9 cm³/mol. The Morgan fingerprint density at radius 2 is 2.47 bits per heavy atom. The number of hydrogen-bond acceptors (Lipinski definition) is 3. The highest BCUT2D eigenvalue weighted by atomic mass is 35.5. The number of halogens is 1. The van der Waals surface area contributed by atoms with Crippen LogP contribution in [0.2, 0.25) is 5.15 Å². The molecule has 4 nitrogen and oxygen atoms in total. The van der Waals surface area contributed by atoms with Crippen molar-refractivity contribution in [3.8, 4) is 0 Å². The van der Waals surface area contributed by atoms with Gasteiger partial charge in [0.05, 0.1) is 0 Å². The van der Waals surface area contributed by atoms with E-state index >= 15 is 0 Å². The third kappa shape index (κ3) is 2.59. The second-order valence-corrected chi connectivity index (χ2v) is 3.88. The van der Waals surface area contributed by atoms with E-state index in [0.29, 0.717) is 5.15 Å². The first-order chi connectivity index (χ1) is 7.25. The Bertz CT molecular complexity index is 369. The Hall–Kier alpha value is -1.29. The molecule has 1 saturated heterocycles. The van der Waals surface area contributed by atoms with Crippen LogP contribution in [0.1, 0.15) is 12.8 Å². The lowest BCUT2D eigenvalue weighted by atomic mass is 10.1. The van der Waals surface area contributed by atoms with Gasteiger partial charge in [0.25, 0.3) is 0 Å². The van der Waals surface area contributed by atoms with Crippen LogP contribution in [-0.4, -0.2) is 23.5 Å². The smallest absolute Gasteiger partial charge is 0.242 e. The van der Waals surface area contributed by atoms with Gasteiger partial charge in [0.15, 0.2) is 0 Å². The molecule has 1 fully saturated rings. The van der Waals surface area contributed by atoms with Crippen LogP contribution in [0.25, 0.3) is 0 Å². The Balaban J connectivity index is 2.04. The quantitative estimate of drug-likeness (QED) is 0.749. The molecule has 0 radical (unpaired) electrons. The van der Waals surface area contributed by atoms with Gasteiger partial charge in [0, 0.05) is 18.4 Å². The fourth-order valence-corrected chi connectivity index (χ4v) is 1.78. The van der Waals surface area contributed by atoms with Crippen LogP contribution < -0.4 is 10.6 Å². The van der Waals surface area contributed by atoms with Crippen LogP contribution in [0.15, 0.2) is 18.3 Å². The van der Waals surface area contributed by atoms with Crippen LogP contribution >= 0.6 is 11.6 Å². The van der Waals surface area contributed by atoms with E-state index in [1.807, 2.05) is 0 Å². The number of rotatable bonds is 2. The molecular weight excluding hydrogens is 214 g/mol. The minimum absolute atomic E-state index is 0.0502. The highest BCUT2D eigenvalue weighted by Crippen LogP contribution is 2.15. The maximum atomic E-state index is 11.5. The summed E-state index contributed by atoms with van der Waals surface area (Å²) < 4.78 is 0. The molecule has 2 N–H and O–H groups in total. The second kappa shape index (κ2) is 4.49. The van der Waals surface area contributed by atoms with Gasteiger partial charge in [-0.25, -0.2) is 4.98 Å². The van der Waals surface area contributed by atoms with Gasteiger partial charge in [-0.1, -0.05) is 11.6 Å². The summed E-state index contributed by atoms with van der Waals surface area (Å²) in [6, 6.07) is 3.36. The monoisotopic (exact) mass is 225 g/mol. The summed E-state index contributed by atoms with van der Waals surface area (Å²) >= 11 is 5.75. The molecule has 1 aromatic rings. The van der Waals surface area contributed by atoms with Gasteiger partial charge < -0.3 is 10.6 Å². The number of carbonyl (C=O) groups excluding carboxylic acids is 1. The fraction of sp³-hybridized carbons (Fsp3) is 0.400. The number of amides is 1. The third-order valence-corrected chi connectivity index (χ3v) is 2.56. The van der Waals surface area contributed by atoms with Gasteiger partial charge in [-0.15, -0.1) is 0 Å². The maximum absolute atomic E-state index is 11.5. The van der Waals surface area contributed by atoms with E-state index in [0.717, 1.165) is 25.1 Å². The van der Waals surface area contributed by atoms with Crippen LogP contribution in [0.4, 0.5) is 5.69 Å².